The molecule has 2 heteroatoms. The Morgan fingerprint density at radius 3 is 1.73 bits per heavy atom. The molecule has 55 heavy (non-hydrogen) atoms. The second-order valence-corrected chi connectivity index (χ2v) is 15.3. The summed E-state index contributed by atoms with van der Waals surface area (Å²) < 4.78 is 0. The molecular formula is C53H36N2. The van der Waals surface area contributed by atoms with E-state index in [0.29, 0.717) is 0 Å². The molecule has 1 heterocycles. The first-order valence-electron chi connectivity index (χ1n) is 19.1. The monoisotopic (exact) mass is 700 g/mol. The third kappa shape index (κ3) is 4.88. The molecule has 0 spiro atoms. The van der Waals surface area contributed by atoms with Crippen LogP contribution in [0.2, 0.25) is 0 Å². The summed E-state index contributed by atoms with van der Waals surface area (Å²) in [5, 5.41) is 9.66. The summed E-state index contributed by atoms with van der Waals surface area (Å²) in [5.41, 5.74) is 12.8. The predicted octanol–water partition coefficient (Wildman–Crippen LogP) is 14.1. The summed E-state index contributed by atoms with van der Waals surface area (Å²) in [6.45, 7) is 4.74. The Labute approximate surface area is 320 Å². The minimum atomic E-state index is -0.113. The largest absolute Gasteiger partial charge is 0.228 e. The molecule has 0 saturated carbocycles. The Bertz CT molecular complexity index is 3180. The fraction of sp³-hybridized carbons (Fsp3) is 0.0566. The van der Waals surface area contributed by atoms with E-state index in [4.69, 9.17) is 9.97 Å². The average molecular weight is 701 g/mol. The highest BCUT2D eigenvalue weighted by Crippen LogP contribution is 2.55. The van der Waals surface area contributed by atoms with E-state index in [1.54, 1.807) is 0 Å². The molecule has 10 aromatic rings. The van der Waals surface area contributed by atoms with Gasteiger partial charge in [-0.05, 0) is 88.6 Å². The van der Waals surface area contributed by atoms with Crippen LogP contribution in [-0.4, -0.2) is 9.97 Å². The summed E-state index contributed by atoms with van der Waals surface area (Å²) in [4.78, 5) is 10.7. The van der Waals surface area contributed by atoms with Gasteiger partial charge < -0.3 is 0 Å². The number of aromatic nitrogens is 2. The summed E-state index contributed by atoms with van der Waals surface area (Å²) in [5.74, 6) is 0.720. The van der Waals surface area contributed by atoms with Crippen molar-refractivity contribution in [3.8, 4) is 56.2 Å². The van der Waals surface area contributed by atoms with Gasteiger partial charge in [-0.15, -0.1) is 0 Å². The number of hydrogen-bond acceptors (Lipinski definition) is 2. The van der Waals surface area contributed by atoms with Crippen molar-refractivity contribution < 1.29 is 0 Å². The van der Waals surface area contributed by atoms with Crippen molar-refractivity contribution in [3.63, 3.8) is 0 Å². The number of fused-ring (bicyclic) bond motifs is 8. The third-order valence-corrected chi connectivity index (χ3v) is 11.9. The van der Waals surface area contributed by atoms with Crippen LogP contribution < -0.4 is 0 Å². The van der Waals surface area contributed by atoms with Crippen molar-refractivity contribution in [1.29, 1.82) is 0 Å². The molecule has 1 aliphatic carbocycles. The maximum atomic E-state index is 5.39. The van der Waals surface area contributed by atoms with Gasteiger partial charge in [-0.3, -0.25) is 0 Å². The standard InChI is InChI=1S/C53H36N2/c1-53(2)46-24-12-22-44(51(46)50-39-19-8-6-15-35(39)27-30-47(50)53)42-28-29-43(41-21-10-9-20-40(41)42)49-32-48(37-26-25-33-13-3-4-16-36(33)31-37)54-52(55-49)45-23-11-17-34-14-5-7-18-38(34)45/h3-32H,1-2H3. The van der Waals surface area contributed by atoms with E-state index in [1.165, 1.54) is 71.1 Å². The first-order chi connectivity index (χ1) is 27.0. The maximum absolute atomic E-state index is 5.39. The van der Waals surface area contributed by atoms with Crippen molar-refractivity contribution in [2.24, 2.45) is 0 Å². The lowest BCUT2D eigenvalue weighted by Crippen LogP contribution is -2.14. The molecule has 258 valence electrons. The Hall–Kier alpha value is -6.90. The molecule has 9 aromatic carbocycles. The molecule has 0 atom stereocenters. The molecule has 0 radical (unpaired) electrons. The van der Waals surface area contributed by atoms with Gasteiger partial charge in [0.05, 0.1) is 11.4 Å². The number of hydrogen-bond donors (Lipinski definition) is 0. The van der Waals surface area contributed by atoms with Gasteiger partial charge in [0.1, 0.15) is 0 Å². The fourth-order valence-corrected chi connectivity index (χ4v) is 9.15. The van der Waals surface area contributed by atoms with Crippen LogP contribution in [0, 0.1) is 0 Å². The molecule has 11 rings (SSSR count). The van der Waals surface area contributed by atoms with Crippen LogP contribution in [0.3, 0.4) is 0 Å². The lowest BCUT2D eigenvalue weighted by atomic mass is 9.81. The van der Waals surface area contributed by atoms with Gasteiger partial charge in [0.25, 0.3) is 0 Å². The Balaban J connectivity index is 1.15. The molecule has 0 aliphatic heterocycles. The van der Waals surface area contributed by atoms with Gasteiger partial charge in [0.15, 0.2) is 5.82 Å². The zero-order valence-electron chi connectivity index (χ0n) is 30.7. The lowest BCUT2D eigenvalue weighted by molar-refractivity contribution is 0.661. The second kappa shape index (κ2) is 12.1. The minimum absolute atomic E-state index is 0.113. The predicted molar refractivity (Wildman–Crippen MR) is 231 cm³/mol. The van der Waals surface area contributed by atoms with E-state index in [2.05, 4.69) is 196 Å². The topological polar surface area (TPSA) is 25.8 Å². The van der Waals surface area contributed by atoms with Crippen LogP contribution in [0.25, 0.3) is 99.2 Å². The maximum Gasteiger partial charge on any atom is 0.161 e. The quantitative estimate of drug-likeness (QED) is 0.183. The Morgan fingerprint density at radius 1 is 0.345 bits per heavy atom. The molecule has 0 fully saturated rings. The summed E-state index contributed by atoms with van der Waals surface area (Å²) >= 11 is 0. The van der Waals surface area contributed by atoms with Crippen molar-refractivity contribution >= 4 is 43.1 Å². The van der Waals surface area contributed by atoms with Crippen molar-refractivity contribution in [2.75, 3.05) is 0 Å². The minimum Gasteiger partial charge on any atom is -0.228 e. The molecule has 0 saturated heterocycles. The van der Waals surface area contributed by atoms with Crippen LogP contribution in [0.15, 0.2) is 182 Å². The van der Waals surface area contributed by atoms with Crippen molar-refractivity contribution in [1.82, 2.24) is 9.97 Å². The van der Waals surface area contributed by atoms with Gasteiger partial charge >= 0.3 is 0 Å². The van der Waals surface area contributed by atoms with Crippen LogP contribution in [0.1, 0.15) is 25.0 Å². The fourth-order valence-electron chi connectivity index (χ4n) is 9.15. The van der Waals surface area contributed by atoms with Gasteiger partial charge in [-0.2, -0.15) is 0 Å². The summed E-state index contributed by atoms with van der Waals surface area (Å²) in [6, 6.07) is 66.0. The highest BCUT2D eigenvalue weighted by Gasteiger charge is 2.38. The smallest absolute Gasteiger partial charge is 0.161 e. The summed E-state index contributed by atoms with van der Waals surface area (Å²) in [7, 11) is 0. The first kappa shape index (κ1) is 31.6. The molecule has 2 nitrogen and oxygen atoms in total. The van der Waals surface area contributed by atoms with E-state index in [0.717, 1.165) is 39.3 Å². The van der Waals surface area contributed by atoms with Gasteiger partial charge in [-0.1, -0.05) is 184 Å². The molecule has 1 aliphatic rings. The van der Waals surface area contributed by atoms with Gasteiger partial charge in [0, 0.05) is 22.1 Å². The van der Waals surface area contributed by atoms with Crippen molar-refractivity contribution in [2.45, 2.75) is 19.3 Å². The van der Waals surface area contributed by atoms with Crippen LogP contribution >= 0.6 is 0 Å². The van der Waals surface area contributed by atoms with Crippen LogP contribution in [0.4, 0.5) is 0 Å². The second-order valence-electron chi connectivity index (χ2n) is 15.3. The molecular weight excluding hydrogens is 665 g/mol. The normalized spacial score (nSPS) is 13.1. The lowest BCUT2D eigenvalue weighted by Gasteiger charge is -2.22. The van der Waals surface area contributed by atoms with Crippen LogP contribution in [0.5, 0.6) is 0 Å². The molecule has 0 amide bonds. The molecule has 0 bridgehead atoms. The van der Waals surface area contributed by atoms with Gasteiger partial charge in [0.2, 0.25) is 0 Å². The highest BCUT2D eigenvalue weighted by atomic mass is 14.9. The first-order valence-corrected chi connectivity index (χ1v) is 19.1. The number of benzene rings is 9. The number of nitrogens with zero attached hydrogens (tertiary/aromatic N) is 2. The van der Waals surface area contributed by atoms with E-state index in [1.807, 2.05) is 0 Å². The zero-order valence-corrected chi connectivity index (χ0v) is 30.7. The Kier molecular flexibility index (Phi) is 6.93. The van der Waals surface area contributed by atoms with Crippen LogP contribution in [-0.2, 0) is 5.41 Å². The van der Waals surface area contributed by atoms with E-state index in [9.17, 15) is 0 Å². The highest BCUT2D eigenvalue weighted by molar-refractivity contribution is 6.11. The third-order valence-electron chi connectivity index (χ3n) is 11.9. The van der Waals surface area contributed by atoms with Gasteiger partial charge in [-0.25, -0.2) is 9.97 Å². The molecule has 1 aromatic heterocycles. The van der Waals surface area contributed by atoms with Crippen molar-refractivity contribution in [3.05, 3.63) is 193 Å². The average Bonchev–Trinajstić information content (AvgIpc) is 3.49. The van der Waals surface area contributed by atoms with E-state index < -0.39 is 0 Å². The molecule has 0 N–H and O–H groups in total. The zero-order chi connectivity index (χ0) is 36.7. The Morgan fingerprint density at radius 2 is 0.909 bits per heavy atom. The number of rotatable bonds is 4. The SMILES string of the molecule is CC1(C)c2cccc(-c3ccc(-c4cc(-c5ccc6ccccc6c5)nc(-c5cccc6ccccc56)n4)c4ccccc34)c2-c2c1ccc1ccccc21. The van der Waals surface area contributed by atoms with E-state index >= 15 is 0 Å². The molecule has 0 unspecified atom stereocenters. The van der Waals surface area contributed by atoms with E-state index in [-0.39, 0.29) is 5.41 Å². The summed E-state index contributed by atoms with van der Waals surface area (Å²) in [6.07, 6.45) is 0.